The molecule has 0 amide bonds. The largest absolute Gasteiger partial charge is 0.462 e. The van der Waals surface area contributed by atoms with Crippen molar-refractivity contribution in [2.24, 2.45) is 53.3 Å². The fourth-order valence-corrected chi connectivity index (χ4v) is 18.5. The molecule has 0 N–H and O–H groups in total. The van der Waals surface area contributed by atoms with Crippen LogP contribution >= 0.6 is 0 Å². The van der Waals surface area contributed by atoms with Gasteiger partial charge in [0.2, 0.25) is 0 Å². The fourth-order valence-electron chi connectivity index (χ4n) is 18.5. The summed E-state index contributed by atoms with van der Waals surface area (Å²) < 4.78 is 19.3. The van der Waals surface area contributed by atoms with Gasteiger partial charge in [-0.15, -0.1) is 0 Å². The van der Waals surface area contributed by atoms with Gasteiger partial charge in [0.05, 0.1) is 17.9 Å². The SMILES string of the molecule is CCCCCCCCCCCCCCCCCCCCCCC[C@H](C[C@@H](CCCC[C@H](C)[C@@H](CC)OC)OC(=O)[C@H](C)C[C@H](C)C[C@H](C)C[C@H](C)CCCCCCCCCCCCCCCCCCCC)OC(=O)[C@H](C)C[C@H](C)C[C@H](C)C[C@H](C)CCCCCCCCCCCCCCCCCCCC. The molecule has 0 aliphatic rings. The predicted molar refractivity (Wildman–Crippen MR) is 468 cm³/mol. The van der Waals surface area contributed by atoms with Gasteiger partial charge in [-0.1, -0.05) is 469 Å². The molecule has 105 heavy (non-hydrogen) atoms. The lowest BCUT2D eigenvalue weighted by molar-refractivity contribution is -0.161. The third kappa shape index (κ3) is 71.7. The van der Waals surface area contributed by atoms with E-state index in [0.29, 0.717) is 36.0 Å². The molecule has 0 aromatic rings. The maximum atomic E-state index is 14.4. The lowest BCUT2D eigenvalue weighted by Crippen LogP contribution is -2.31. The van der Waals surface area contributed by atoms with Gasteiger partial charge in [0.25, 0.3) is 0 Å². The van der Waals surface area contributed by atoms with Gasteiger partial charge in [-0.05, 0) is 118 Å². The average Bonchev–Trinajstić information content (AvgIpc) is 0.900. The fraction of sp³-hybridized carbons (Fsp3) is 0.980. The van der Waals surface area contributed by atoms with Gasteiger partial charge in [0.15, 0.2) is 0 Å². The number of hydrogen-bond acceptors (Lipinski definition) is 5. The number of hydrogen-bond donors (Lipinski definition) is 0. The van der Waals surface area contributed by atoms with Crippen LogP contribution in [0.3, 0.4) is 0 Å². The van der Waals surface area contributed by atoms with Crippen LogP contribution in [0, 0.1) is 53.3 Å². The number of esters is 2. The van der Waals surface area contributed by atoms with Crippen LogP contribution in [-0.4, -0.2) is 37.4 Å². The first-order valence-electron chi connectivity index (χ1n) is 49.0. The van der Waals surface area contributed by atoms with Crippen LogP contribution < -0.4 is 0 Å². The Labute approximate surface area is 663 Å². The van der Waals surface area contributed by atoms with Crippen LogP contribution in [-0.2, 0) is 23.8 Å². The molecule has 0 fully saturated rings. The van der Waals surface area contributed by atoms with Gasteiger partial charge >= 0.3 is 11.9 Å². The third-order valence-corrected chi connectivity index (χ3v) is 25.1. The monoisotopic (exact) mass is 1480 g/mol. The maximum Gasteiger partial charge on any atom is 0.308 e. The topological polar surface area (TPSA) is 61.8 Å². The van der Waals surface area contributed by atoms with Crippen molar-refractivity contribution >= 4 is 11.9 Å². The summed E-state index contributed by atoms with van der Waals surface area (Å²) in [6.45, 7) is 30.3. The highest BCUT2D eigenvalue weighted by Gasteiger charge is 2.29. The Morgan fingerprint density at radius 2 is 0.410 bits per heavy atom. The minimum atomic E-state index is -0.257. The van der Waals surface area contributed by atoms with Crippen molar-refractivity contribution in [1.82, 2.24) is 0 Å². The Morgan fingerprint density at radius 1 is 0.219 bits per heavy atom. The number of rotatable bonds is 86. The van der Waals surface area contributed by atoms with Crippen LogP contribution in [0.2, 0.25) is 0 Å². The number of unbranched alkanes of at least 4 members (excludes halogenated alkanes) is 55. The van der Waals surface area contributed by atoms with Gasteiger partial charge in [-0.2, -0.15) is 0 Å². The summed E-state index contributed by atoms with van der Waals surface area (Å²) in [4.78, 5) is 28.8. The zero-order valence-corrected chi connectivity index (χ0v) is 74.9. The molecule has 0 spiro atoms. The smallest absolute Gasteiger partial charge is 0.308 e. The highest BCUT2D eigenvalue weighted by atomic mass is 16.6. The molecule has 0 bridgehead atoms. The molecule has 0 heterocycles. The Morgan fingerprint density at radius 3 is 0.638 bits per heavy atom. The molecule has 0 rings (SSSR count). The van der Waals surface area contributed by atoms with Crippen LogP contribution in [0.5, 0.6) is 0 Å². The summed E-state index contributed by atoms with van der Waals surface area (Å²) in [7, 11) is 1.85. The van der Waals surface area contributed by atoms with Gasteiger partial charge in [-0.3, -0.25) is 9.59 Å². The molecule has 0 aliphatic carbocycles. The van der Waals surface area contributed by atoms with E-state index < -0.39 is 0 Å². The lowest BCUT2D eigenvalue weighted by Gasteiger charge is -2.28. The minimum absolute atomic E-state index is 0.0458. The summed E-state index contributed by atoms with van der Waals surface area (Å²) in [5, 5.41) is 0. The normalized spacial score (nSPS) is 15.4. The van der Waals surface area contributed by atoms with E-state index in [1.165, 1.54) is 392 Å². The van der Waals surface area contributed by atoms with E-state index in [-0.39, 0.29) is 42.1 Å². The molecule has 0 aromatic heterocycles. The quantitative estimate of drug-likeness (QED) is 0.0449. The Hall–Kier alpha value is -1.10. The first kappa shape index (κ1) is 104. The lowest BCUT2D eigenvalue weighted by atomic mass is 9.84. The third-order valence-electron chi connectivity index (χ3n) is 25.1. The summed E-state index contributed by atoms with van der Waals surface area (Å²) in [6.07, 6.45) is 95.8. The van der Waals surface area contributed by atoms with Crippen molar-refractivity contribution in [3.63, 3.8) is 0 Å². The molecule has 0 aliphatic heterocycles. The second kappa shape index (κ2) is 79.5. The summed E-state index contributed by atoms with van der Waals surface area (Å²) in [5.74, 6) is 3.82. The molecule has 0 saturated heterocycles. The number of carbonyl (C=O) groups excluding carboxylic acids is 2. The van der Waals surface area contributed by atoms with Gasteiger partial charge in [0, 0.05) is 13.5 Å². The highest BCUT2D eigenvalue weighted by Crippen LogP contribution is 2.32. The first-order valence-corrected chi connectivity index (χ1v) is 49.0. The van der Waals surface area contributed by atoms with E-state index in [9.17, 15) is 9.59 Å². The van der Waals surface area contributed by atoms with E-state index in [2.05, 4.69) is 90.0 Å². The van der Waals surface area contributed by atoms with Crippen molar-refractivity contribution < 1.29 is 23.8 Å². The highest BCUT2D eigenvalue weighted by molar-refractivity contribution is 5.72. The first-order chi connectivity index (χ1) is 51.1. The van der Waals surface area contributed by atoms with Crippen molar-refractivity contribution in [2.75, 3.05) is 7.11 Å². The number of carbonyl (C=O) groups is 2. The summed E-state index contributed by atoms with van der Waals surface area (Å²) in [6, 6.07) is 0. The van der Waals surface area contributed by atoms with E-state index in [4.69, 9.17) is 14.2 Å². The average molecular weight is 1480 g/mol. The van der Waals surface area contributed by atoms with E-state index in [0.717, 1.165) is 76.0 Å². The van der Waals surface area contributed by atoms with E-state index in [1.54, 1.807) is 0 Å². The van der Waals surface area contributed by atoms with Crippen LogP contribution in [0.1, 0.15) is 552 Å². The molecule has 5 nitrogen and oxygen atoms in total. The van der Waals surface area contributed by atoms with Crippen molar-refractivity contribution in [1.29, 1.82) is 0 Å². The molecule has 12 atom stereocenters. The van der Waals surface area contributed by atoms with Crippen LogP contribution in [0.25, 0.3) is 0 Å². The van der Waals surface area contributed by atoms with Crippen LogP contribution in [0.15, 0.2) is 0 Å². The van der Waals surface area contributed by atoms with Crippen molar-refractivity contribution in [3.05, 3.63) is 0 Å². The Balaban J connectivity index is 5.46. The maximum absolute atomic E-state index is 14.4. The second-order valence-electron chi connectivity index (χ2n) is 37.1. The molecule has 0 saturated carbocycles. The second-order valence-corrected chi connectivity index (χ2v) is 37.1. The standard InChI is InChI=1S/C100H198O5/c1-15-19-22-25-28-31-34-37-40-43-46-47-48-51-54-57-60-63-66-69-72-78-96(104-99(101)94(12)84-91(9)82-89(7)80-87(5)75-70-67-64-61-58-55-52-49-44-41-38-35-32-29-26-23-20-16-2)86-97(79-74-73-77-93(11)98(18-4)103-14)105-100(102)95(13)85-92(10)83-90(8)81-88(6)76-71-68-65-62-59-56-53-50-45-42-39-36-33-30-27-24-21-17-3/h87-98H,15-86H2,1-14H3/t87-,88-,89-,90-,91-,92-,93+,94-,95-,96-,97-,98-/m1/s1. The van der Waals surface area contributed by atoms with Gasteiger partial charge in [0.1, 0.15) is 12.2 Å². The number of ether oxygens (including phenoxy) is 3. The Kier molecular flexibility index (Phi) is 78.7. The van der Waals surface area contributed by atoms with E-state index >= 15 is 0 Å². The van der Waals surface area contributed by atoms with Crippen LogP contribution in [0.4, 0.5) is 0 Å². The minimum Gasteiger partial charge on any atom is -0.462 e. The molecule has 5 heteroatoms. The number of methoxy groups -OCH3 is 1. The van der Waals surface area contributed by atoms with E-state index in [1.807, 2.05) is 7.11 Å². The van der Waals surface area contributed by atoms with Gasteiger partial charge in [-0.25, -0.2) is 0 Å². The van der Waals surface area contributed by atoms with Crippen molar-refractivity contribution in [3.8, 4) is 0 Å². The predicted octanol–water partition coefficient (Wildman–Crippen LogP) is 34.7. The molecule has 628 valence electrons. The molecule has 0 unspecified atom stereocenters. The zero-order chi connectivity index (χ0) is 77.1. The zero-order valence-electron chi connectivity index (χ0n) is 74.9. The molecular formula is C100H198O5. The summed E-state index contributed by atoms with van der Waals surface area (Å²) in [5.41, 5.74) is 0. The molecule has 0 radical (unpaired) electrons. The van der Waals surface area contributed by atoms with Gasteiger partial charge < -0.3 is 14.2 Å². The van der Waals surface area contributed by atoms with Crippen molar-refractivity contribution in [2.45, 2.75) is 571 Å². The summed E-state index contributed by atoms with van der Waals surface area (Å²) >= 11 is 0. The molecule has 0 aromatic carbocycles. The Bertz CT molecular complexity index is 1720. The molecular weight excluding hydrogens is 1280 g/mol.